The molecular weight excluding hydrogens is 186 g/mol. The minimum Gasteiger partial charge on any atom is -0.384 e. The number of hydrogen-bond acceptors (Lipinski definition) is 2. The van der Waals surface area contributed by atoms with Gasteiger partial charge in [0.15, 0.2) is 0 Å². The number of nitrogens with two attached hydrogens (primary N) is 1. The standard InChI is InChI=1S/C12H19N3/c1-3-9-10(14-15(2)11(9)13)12-6-4-5-8(12)7-12/h8H,3-7,13H2,1-2H3. The molecular formula is C12H19N3. The van der Waals surface area contributed by atoms with Crippen molar-refractivity contribution in [2.75, 3.05) is 5.73 Å². The lowest BCUT2D eigenvalue weighted by atomic mass is 9.94. The van der Waals surface area contributed by atoms with Crippen LogP contribution >= 0.6 is 0 Å². The molecule has 0 aromatic carbocycles. The summed E-state index contributed by atoms with van der Waals surface area (Å²) in [7, 11) is 1.96. The Morgan fingerprint density at radius 3 is 2.93 bits per heavy atom. The quantitative estimate of drug-likeness (QED) is 0.802. The molecule has 2 fully saturated rings. The number of aryl methyl sites for hydroxylation is 1. The molecule has 2 aliphatic carbocycles. The van der Waals surface area contributed by atoms with Crippen molar-refractivity contribution in [3.05, 3.63) is 11.3 Å². The molecule has 2 saturated carbocycles. The number of fused-ring (bicyclic) bond motifs is 1. The monoisotopic (exact) mass is 205 g/mol. The van der Waals surface area contributed by atoms with Crippen LogP contribution in [0.25, 0.3) is 0 Å². The first-order valence-electron chi connectivity index (χ1n) is 6.01. The Morgan fingerprint density at radius 2 is 2.40 bits per heavy atom. The average molecular weight is 205 g/mol. The molecule has 0 aliphatic heterocycles. The number of hydrogen-bond donors (Lipinski definition) is 1. The molecule has 15 heavy (non-hydrogen) atoms. The highest BCUT2D eigenvalue weighted by Crippen LogP contribution is 2.64. The van der Waals surface area contributed by atoms with Gasteiger partial charge >= 0.3 is 0 Å². The van der Waals surface area contributed by atoms with E-state index in [0.717, 1.165) is 18.2 Å². The first-order valence-corrected chi connectivity index (χ1v) is 6.01. The predicted molar refractivity (Wildman–Crippen MR) is 60.6 cm³/mol. The maximum Gasteiger partial charge on any atom is 0.124 e. The second-order valence-corrected chi connectivity index (χ2v) is 5.14. The van der Waals surface area contributed by atoms with Crippen molar-refractivity contribution in [2.24, 2.45) is 13.0 Å². The van der Waals surface area contributed by atoms with Crippen LogP contribution in [0.1, 0.15) is 43.9 Å². The van der Waals surface area contributed by atoms with Crippen molar-refractivity contribution in [1.82, 2.24) is 9.78 Å². The molecule has 3 nitrogen and oxygen atoms in total. The molecule has 0 radical (unpaired) electrons. The largest absolute Gasteiger partial charge is 0.384 e. The zero-order valence-corrected chi connectivity index (χ0v) is 9.58. The number of rotatable bonds is 2. The summed E-state index contributed by atoms with van der Waals surface area (Å²) in [5.74, 6) is 1.79. The van der Waals surface area contributed by atoms with Gasteiger partial charge in [-0.05, 0) is 31.6 Å². The van der Waals surface area contributed by atoms with Gasteiger partial charge in [0.05, 0.1) is 5.69 Å². The normalized spacial score (nSPS) is 33.1. The second-order valence-electron chi connectivity index (χ2n) is 5.14. The number of nitrogens with zero attached hydrogens (tertiary/aromatic N) is 2. The van der Waals surface area contributed by atoms with Crippen molar-refractivity contribution in [2.45, 2.75) is 44.4 Å². The van der Waals surface area contributed by atoms with E-state index in [4.69, 9.17) is 5.73 Å². The van der Waals surface area contributed by atoms with Crippen LogP contribution in [-0.4, -0.2) is 9.78 Å². The second kappa shape index (κ2) is 2.77. The molecule has 2 atom stereocenters. The third-order valence-corrected chi connectivity index (χ3v) is 4.43. The summed E-state index contributed by atoms with van der Waals surface area (Å²) in [4.78, 5) is 0. The van der Waals surface area contributed by atoms with E-state index in [1.807, 2.05) is 11.7 Å². The molecule has 3 heteroatoms. The Bertz CT molecular complexity index is 407. The van der Waals surface area contributed by atoms with Gasteiger partial charge in [0.25, 0.3) is 0 Å². The van der Waals surface area contributed by atoms with Gasteiger partial charge in [-0.2, -0.15) is 5.10 Å². The van der Waals surface area contributed by atoms with E-state index >= 15 is 0 Å². The van der Waals surface area contributed by atoms with Crippen LogP contribution in [0.5, 0.6) is 0 Å². The molecule has 1 aromatic heterocycles. The van der Waals surface area contributed by atoms with E-state index in [9.17, 15) is 0 Å². The van der Waals surface area contributed by atoms with Crippen molar-refractivity contribution in [3.63, 3.8) is 0 Å². The highest BCUT2D eigenvalue weighted by Gasteiger charge is 2.60. The smallest absolute Gasteiger partial charge is 0.124 e. The fraction of sp³-hybridized carbons (Fsp3) is 0.750. The predicted octanol–water partition coefficient (Wildman–Crippen LogP) is 2.01. The summed E-state index contributed by atoms with van der Waals surface area (Å²) in [5.41, 5.74) is 9.14. The minimum absolute atomic E-state index is 0.445. The van der Waals surface area contributed by atoms with Gasteiger partial charge in [0.1, 0.15) is 5.82 Å². The van der Waals surface area contributed by atoms with E-state index < -0.39 is 0 Å². The Kier molecular flexibility index (Phi) is 1.71. The highest BCUT2D eigenvalue weighted by atomic mass is 15.3. The molecule has 1 heterocycles. The fourth-order valence-corrected chi connectivity index (χ4v) is 3.47. The van der Waals surface area contributed by atoms with Crippen LogP contribution in [0, 0.1) is 5.92 Å². The summed E-state index contributed by atoms with van der Waals surface area (Å²) in [5, 5.41) is 4.67. The van der Waals surface area contributed by atoms with E-state index in [1.54, 1.807) is 0 Å². The van der Waals surface area contributed by atoms with Crippen LogP contribution in [0.2, 0.25) is 0 Å². The zero-order valence-electron chi connectivity index (χ0n) is 9.58. The van der Waals surface area contributed by atoms with Gasteiger partial charge in [-0.15, -0.1) is 0 Å². The highest BCUT2D eigenvalue weighted by molar-refractivity contribution is 5.49. The Morgan fingerprint density at radius 1 is 1.60 bits per heavy atom. The van der Waals surface area contributed by atoms with Crippen LogP contribution in [-0.2, 0) is 18.9 Å². The summed E-state index contributed by atoms with van der Waals surface area (Å²) < 4.78 is 1.86. The first kappa shape index (κ1) is 9.25. The van der Waals surface area contributed by atoms with E-state index in [1.165, 1.54) is 36.9 Å². The molecule has 2 aliphatic rings. The third-order valence-electron chi connectivity index (χ3n) is 4.43. The number of nitrogen functional groups attached to an aromatic ring is 1. The van der Waals surface area contributed by atoms with Crippen molar-refractivity contribution in [3.8, 4) is 0 Å². The molecule has 2 unspecified atom stereocenters. The SMILES string of the molecule is CCc1c(C23CCCC2C3)nn(C)c1N. The molecule has 0 spiro atoms. The molecule has 0 saturated heterocycles. The lowest BCUT2D eigenvalue weighted by Gasteiger charge is -2.10. The molecule has 0 bridgehead atoms. The lowest BCUT2D eigenvalue weighted by molar-refractivity contribution is 0.608. The molecule has 2 N–H and O–H groups in total. The van der Waals surface area contributed by atoms with E-state index in [0.29, 0.717) is 5.41 Å². The fourth-order valence-electron chi connectivity index (χ4n) is 3.47. The van der Waals surface area contributed by atoms with Gasteiger partial charge in [-0.1, -0.05) is 13.3 Å². The van der Waals surface area contributed by atoms with Gasteiger partial charge < -0.3 is 5.73 Å². The zero-order chi connectivity index (χ0) is 10.6. The van der Waals surface area contributed by atoms with Crippen molar-refractivity contribution < 1.29 is 0 Å². The van der Waals surface area contributed by atoms with Crippen LogP contribution in [0.4, 0.5) is 5.82 Å². The van der Waals surface area contributed by atoms with Crippen LogP contribution < -0.4 is 5.73 Å². The topological polar surface area (TPSA) is 43.8 Å². The molecule has 0 amide bonds. The van der Waals surface area contributed by atoms with Gasteiger partial charge in [-0.25, -0.2) is 0 Å². The lowest BCUT2D eigenvalue weighted by Crippen LogP contribution is -2.09. The molecule has 82 valence electrons. The van der Waals surface area contributed by atoms with E-state index in [-0.39, 0.29) is 0 Å². The Balaban J connectivity index is 2.08. The first-order chi connectivity index (χ1) is 7.19. The maximum absolute atomic E-state index is 6.06. The average Bonchev–Trinajstić information content (AvgIpc) is 2.65. The summed E-state index contributed by atoms with van der Waals surface area (Å²) in [6.07, 6.45) is 6.49. The minimum atomic E-state index is 0.445. The van der Waals surface area contributed by atoms with Gasteiger partial charge in [0.2, 0.25) is 0 Å². The Hall–Kier alpha value is -0.990. The maximum atomic E-state index is 6.06. The molecule has 3 rings (SSSR count). The van der Waals surface area contributed by atoms with E-state index in [2.05, 4.69) is 12.0 Å². The summed E-state index contributed by atoms with van der Waals surface area (Å²) in [6.45, 7) is 2.18. The number of anilines is 1. The van der Waals surface area contributed by atoms with Gasteiger partial charge in [0, 0.05) is 18.0 Å². The van der Waals surface area contributed by atoms with Crippen molar-refractivity contribution >= 4 is 5.82 Å². The molecule has 1 aromatic rings. The Labute approximate surface area is 90.7 Å². The third kappa shape index (κ3) is 1.04. The van der Waals surface area contributed by atoms with Gasteiger partial charge in [-0.3, -0.25) is 4.68 Å². The van der Waals surface area contributed by atoms with Crippen LogP contribution in [0.3, 0.4) is 0 Å². The number of aromatic nitrogens is 2. The summed E-state index contributed by atoms with van der Waals surface area (Å²) in [6, 6.07) is 0. The van der Waals surface area contributed by atoms with Crippen LogP contribution in [0.15, 0.2) is 0 Å². The van der Waals surface area contributed by atoms with Crippen molar-refractivity contribution in [1.29, 1.82) is 0 Å². The summed E-state index contributed by atoms with van der Waals surface area (Å²) >= 11 is 0.